The number of aromatic amines is 2. The second-order valence-electron chi connectivity index (χ2n) is 11.9. The molecule has 0 aliphatic carbocycles. The van der Waals surface area contributed by atoms with Crippen molar-refractivity contribution in [2.24, 2.45) is 0 Å². The lowest BCUT2D eigenvalue weighted by Crippen LogP contribution is -2.30. The van der Waals surface area contributed by atoms with E-state index in [9.17, 15) is 19.2 Å². The largest absolute Gasteiger partial charge is 0.355 e. The zero-order chi connectivity index (χ0) is 35.4. The van der Waals surface area contributed by atoms with Crippen molar-refractivity contribution in [2.75, 3.05) is 26.2 Å². The van der Waals surface area contributed by atoms with Crippen LogP contribution < -0.4 is 32.4 Å². The van der Waals surface area contributed by atoms with Crippen LogP contribution in [0.25, 0.3) is 44.4 Å². The summed E-state index contributed by atoms with van der Waals surface area (Å²) < 4.78 is 3.56. The number of amides is 2. The van der Waals surface area contributed by atoms with Gasteiger partial charge in [-0.05, 0) is 12.1 Å². The molecule has 12 nitrogen and oxygen atoms in total. The number of H-pyrrole nitrogens is 2. The number of nitrogens with zero attached hydrogens (tertiary/aromatic N) is 2. The minimum atomic E-state index is -0.232. The van der Waals surface area contributed by atoms with Crippen LogP contribution >= 0.6 is 23.2 Å². The summed E-state index contributed by atoms with van der Waals surface area (Å²) in [5.41, 5.74) is 6.33. The van der Waals surface area contributed by atoms with E-state index in [1.165, 1.54) is 13.8 Å². The first kappa shape index (κ1) is 34.7. The Balaban J connectivity index is 1.25. The maximum atomic E-state index is 13.0. The van der Waals surface area contributed by atoms with Crippen LogP contribution in [0.5, 0.6) is 0 Å². The van der Waals surface area contributed by atoms with E-state index in [-0.39, 0.29) is 22.9 Å². The molecule has 0 saturated heterocycles. The second-order valence-corrected chi connectivity index (χ2v) is 12.7. The van der Waals surface area contributed by atoms with Gasteiger partial charge < -0.3 is 40.0 Å². The lowest BCUT2D eigenvalue weighted by atomic mass is 9.97. The van der Waals surface area contributed by atoms with E-state index >= 15 is 0 Å². The first-order valence-electron chi connectivity index (χ1n) is 16.1. The Bertz CT molecular complexity index is 2180. The Morgan fingerprint density at radius 3 is 1.42 bits per heavy atom. The molecule has 0 aliphatic rings. The van der Waals surface area contributed by atoms with Crippen LogP contribution in [-0.2, 0) is 22.7 Å². The van der Waals surface area contributed by atoms with E-state index < -0.39 is 0 Å². The van der Waals surface area contributed by atoms with Crippen molar-refractivity contribution in [3.05, 3.63) is 115 Å². The third kappa shape index (κ3) is 7.68. The van der Waals surface area contributed by atoms with Crippen LogP contribution in [-0.4, -0.2) is 56.8 Å². The van der Waals surface area contributed by atoms with Crippen LogP contribution in [0.3, 0.4) is 0 Å². The standard InChI is InChI=1S/C36H36Cl2N8O4/c1-21(47)41-11-9-39-15-25-19-45-17-23(13-31(45)35(49)43-25)27-5-3-7-29(33(27)37)30-8-4-6-28(34(30)38)24-14-32-36(50)44-26(20-46(32)18-24)16-40-10-12-42-22(2)48/h3-8,13-14,17-20,39-40H,9-12,15-16H2,1-2H3,(H,41,47)(H,42,48)(H,43,49)(H,44,50). The maximum absolute atomic E-state index is 13.0. The number of aromatic nitrogens is 4. The van der Waals surface area contributed by atoms with Crippen molar-refractivity contribution < 1.29 is 9.59 Å². The Labute approximate surface area is 296 Å². The minimum Gasteiger partial charge on any atom is -0.355 e. The molecule has 6 rings (SSSR count). The molecule has 0 unspecified atom stereocenters. The molecule has 258 valence electrons. The number of carbonyl (C=O) groups excluding carboxylic acids is 2. The second kappa shape index (κ2) is 15.2. The van der Waals surface area contributed by atoms with Gasteiger partial charge in [-0.1, -0.05) is 59.6 Å². The molecule has 0 fully saturated rings. The van der Waals surface area contributed by atoms with Gasteiger partial charge in [-0.3, -0.25) is 19.2 Å². The zero-order valence-corrected chi connectivity index (χ0v) is 29.0. The van der Waals surface area contributed by atoms with Gasteiger partial charge in [-0.25, -0.2) is 0 Å². The van der Waals surface area contributed by atoms with E-state index in [2.05, 4.69) is 31.2 Å². The molecule has 0 aliphatic heterocycles. The molecule has 2 aromatic carbocycles. The van der Waals surface area contributed by atoms with Gasteiger partial charge in [-0.15, -0.1) is 0 Å². The van der Waals surface area contributed by atoms with Gasteiger partial charge in [0.2, 0.25) is 11.8 Å². The number of halogens is 2. The fraction of sp³-hybridized carbons (Fsp3) is 0.222. The van der Waals surface area contributed by atoms with Crippen molar-refractivity contribution in [1.82, 2.24) is 40.0 Å². The number of hydrogen-bond donors (Lipinski definition) is 6. The van der Waals surface area contributed by atoms with Gasteiger partial charge in [-0.2, -0.15) is 0 Å². The van der Waals surface area contributed by atoms with Gasteiger partial charge in [0.1, 0.15) is 11.0 Å². The minimum absolute atomic E-state index is 0.0941. The third-order valence-electron chi connectivity index (χ3n) is 8.19. The predicted octanol–water partition coefficient (Wildman–Crippen LogP) is 4.33. The molecule has 6 aromatic rings. The van der Waals surface area contributed by atoms with Gasteiger partial charge in [0.05, 0.1) is 10.0 Å². The van der Waals surface area contributed by atoms with Crippen molar-refractivity contribution in [3.63, 3.8) is 0 Å². The quantitative estimate of drug-likeness (QED) is 0.0979. The monoisotopic (exact) mass is 714 g/mol. The topological polar surface area (TPSA) is 157 Å². The Morgan fingerprint density at radius 1 is 0.620 bits per heavy atom. The molecule has 4 heterocycles. The number of carbonyl (C=O) groups is 2. The maximum Gasteiger partial charge on any atom is 0.272 e. The van der Waals surface area contributed by atoms with Crippen LogP contribution in [0.2, 0.25) is 10.0 Å². The van der Waals surface area contributed by atoms with E-state index in [0.29, 0.717) is 71.7 Å². The van der Waals surface area contributed by atoms with Crippen LogP contribution in [0.4, 0.5) is 0 Å². The zero-order valence-electron chi connectivity index (χ0n) is 27.5. The molecule has 50 heavy (non-hydrogen) atoms. The highest BCUT2D eigenvalue weighted by atomic mass is 35.5. The molecular weight excluding hydrogens is 679 g/mol. The number of fused-ring (bicyclic) bond motifs is 2. The molecular formula is C36H36Cl2N8O4. The molecule has 0 saturated carbocycles. The first-order chi connectivity index (χ1) is 24.1. The molecule has 14 heteroatoms. The fourth-order valence-electron chi connectivity index (χ4n) is 5.86. The molecule has 0 bridgehead atoms. The average Bonchev–Trinajstić information content (AvgIpc) is 3.70. The number of nitrogens with one attached hydrogen (secondary N) is 6. The summed E-state index contributed by atoms with van der Waals surface area (Å²) >= 11 is 14.2. The van der Waals surface area contributed by atoms with Crippen LogP contribution in [0.15, 0.2) is 82.9 Å². The molecule has 4 aromatic heterocycles. The van der Waals surface area contributed by atoms with Crippen LogP contribution in [0, 0.1) is 0 Å². The molecule has 2 amide bonds. The van der Waals surface area contributed by atoms with Crippen molar-refractivity contribution in [2.45, 2.75) is 26.9 Å². The molecule has 6 N–H and O–H groups in total. The van der Waals surface area contributed by atoms with E-state index in [1.54, 1.807) is 20.9 Å². The van der Waals surface area contributed by atoms with Gasteiger partial charge in [0.25, 0.3) is 11.1 Å². The van der Waals surface area contributed by atoms with Crippen molar-refractivity contribution in [3.8, 4) is 33.4 Å². The highest BCUT2D eigenvalue weighted by molar-refractivity contribution is 6.39. The highest BCUT2D eigenvalue weighted by Crippen LogP contribution is 2.42. The van der Waals surface area contributed by atoms with Gasteiger partial charge in [0.15, 0.2) is 0 Å². The van der Waals surface area contributed by atoms with E-state index in [1.807, 2.05) is 61.2 Å². The smallest absolute Gasteiger partial charge is 0.272 e. The summed E-state index contributed by atoms with van der Waals surface area (Å²) in [5.74, 6) is -0.188. The highest BCUT2D eigenvalue weighted by Gasteiger charge is 2.18. The number of benzene rings is 2. The van der Waals surface area contributed by atoms with Gasteiger partial charge >= 0.3 is 0 Å². The Kier molecular flexibility index (Phi) is 10.5. The predicted molar refractivity (Wildman–Crippen MR) is 197 cm³/mol. The van der Waals surface area contributed by atoms with Crippen molar-refractivity contribution >= 4 is 46.0 Å². The Hall–Kier alpha value is -5.14. The number of rotatable bonds is 13. The molecule has 0 spiro atoms. The normalized spacial score (nSPS) is 11.4. The lowest BCUT2D eigenvalue weighted by molar-refractivity contribution is -0.119. The SMILES string of the molecule is CC(=O)NCCNCc1cn2cc(-c3cccc(-c4cccc(-c5cc6c(=O)[nH]c(CNCCNC(C)=O)cn6c5)c4Cl)c3Cl)cc2c(=O)[nH]1. The van der Waals surface area contributed by atoms with Crippen molar-refractivity contribution in [1.29, 1.82) is 0 Å². The van der Waals surface area contributed by atoms with E-state index in [4.69, 9.17) is 23.2 Å². The van der Waals surface area contributed by atoms with E-state index in [0.717, 1.165) is 33.4 Å². The fourth-order valence-corrected chi connectivity index (χ4v) is 6.53. The Morgan fingerprint density at radius 2 is 1.02 bits per heavy atom. The summed E-state index contributed by atoms with van der Waals surface area (Å²) in [7, 11) is 0. The van der Waals surface area contributed by atoms with Crippen LogP contribution in [0.1, 0.15) is 25.2 Å². The summed E-state index contributed by atoms with van der Waals surface area (Å²) in [6, 6.07) is 15.0. The third-order valence-corrected chi connectivity index (χ3v) is 9.01. The summed E-state index contributed by atoms with van der Waals surface area (Å²) in [5, 5.41) is 12.8. The lowest BCUT2D eigenvalue weighted by Gasteiger charge is -2.13. The summed E-state index contributed by atoms with van der Waals surface area (Å²) in [6.45, 7) is 5.88. The number of hydrogen-bond acceptors (Lipinski definition) is 6. The summed E-state index contributed by atoms with van der Waals surface area (Å²) in [4.78, 5) is 53.9. The molecule has 0 atom stereocenters. The summed E-state index contributed by atoms with van der Waals surface area (Å²) in [6.07, 6.45) is 7.44. The average molecular weight is 716 g/mol. The first-order valence-corrected chi connectivity index (χ1v) is 16.8. The van der Waals surface area contributed by atoms with Gasteiger partial charge in [0, 0.05) is 123 Å². The molecule has 0 radical (unpaired) electrons.